The van der Waals surface area contributed by atoms with Crippen LogP contribution in [-0.2, 0) is 7.05 Å². The van der Waals surface area contributed by atoms with Gasteiger partial charge in [-0.25, -0.2) is 0 Å². The minimum absolute atomic E-state index is 0.0394. The van der Waals surface area contributed by atoms with Crippen molar-refractivity contribution in [1.29, 1.82) is 0 Å². The van der Waals surface area contributed by atoms with E-state index >= 15 is 0 Å². The van der Waals surface area contributed by atoms with Crippen LogP contribution in [-0.4, -0.2) is 35.3 Å². The highest BCUT2D eigenvalue weighted by Gasteiger charge is 2.27. The molecule has 20 heavy (non-hydrogen) atoms. The average Bonchev–Trinajstić information content (AvgIpc) is 2.63. The van der Waals surface area contributed by atoms with Crippen molar-refractivity contribution in [2.45, 2.75) is 34.1 Å². The molecule has 0 radical (unpaired) electrons. The van der Waals surface area contributed by atoms with Gasteiger partial charge in [-0.05, 0) is 25.3 Å². The average molecular weight is 281 g/mol. The van der Waals surface area contributed by atoms with Crippen LogP contribution in [0.25, 0.3) is 0 Å². The largest absolute Gasteiger partial charge is 0.365 e. The van der Waals surface area contributed by atoms with E-state index in [9.17, 15) is 4.79 Å². The molecule has 0 aromatic carbocycles. The first-order valence-electron chi connectivity index (χ1n) is 7.02. The number of carbonyl (C=O) groups excluding carboxylic acids is 1. The summed E-state index contributed by atoms with van der Waals surface area (Å²) < 4.78 is 1.73. The number of primary amides is 1. The van der Waals surface area contributed by atoms with Gasteiger partial charge >= 0.3 is 0 Å². The Labute approximate surface area is 121 Å². The van der Waals surface area contributed by atoms with Gasteiger partial charge in [0.1, 0.15) is 11.4 Å². The minimum Gasteiger partial charge on any atom is -0.365 e. The van der Waals surface area contributed by atoms with Gasteiger partial charge in [0.15, 0.2) is 0 Å². The number of anilines is 1. The van der Waals surface area contributed by atoms with E-state index in [-0.39, 0.29) is 5.41 Å². The Kier molecular flexibility index (Phi) is 5.16. The molecule has 0 unspecified atom stereocenters. The van der Waals surface area contributed by atoms with Crippen LogP contribution in [0.15, 0.2) is 0 Å². The first kappa shape index (κ1) is 16.5. The molecular weight excluding hydrogens is 254 g/mol. The highest BCUT2D eigenvalue weighted by molar-refractivity contribution is 5.99. The summed E-state index contributed by atoms with van der Waals surface area (Å²) in [4.78, 5) is 13.9. The Balaban J connectivity index is 3.25. The second-order valence-electron chi connectivity index (χ2n) is 6.06. The van der Waals surface area contributed by atoms with Crippen LogP contribution in [0.4, 0.5) is 5.82 Å². The lowest BCUT2D eigenvalue weighted by atomic mass is 9.93. The van der Waals surface area contributed by atoms with Crippen molar-refractivity contribution in [3.63, 3.8) is 0 Å². The third-order valence-electron chi connectivity index (χ3n) is 3.40. The molecule has 0 saturated heterocycles. The molecule has 0 spiro atoms. The zero-order valence-corrected chi connectivity index (χ0v) is 13.2. The SMILES string of the molecule is CCCN(CC(C)(C)CN)c1c(C(N)=O)c(C)nn1C. The maximum atomic E-state index is 11.7. The summed E-state index contributed by atoms with van der Waals surface area (Å²) in [6.45, 7) is 10.3. The lowest BCUT2D eigenvalue weighted by molar-refractivity contribution is 0.1000. The van der Waals surface area contributed by atoms with Gasteiger partial charge < -0.3 is 16.4 Å². The lowest BCUT2D eigenvalue weighted by Crippen LogP contribution is -2.40. The number of aromatic nitrogens is 2. The smallest absolute Gasteiger partial charge is 0.254 e. The summed E-state index contributed by atoms with van der Waals surface area (Å²) >= 11 is 0. The summed E-state index contributed by atoms with van der Waals surface area (Å²) in [7, 11) is 1.84. The van der Waals surface area contributed by atoms with Crippen molar-refractivity contribution in [3.8, 4) is 0 Å². The molecule has 6 nitrogen and oxygen atoms in total. The Hall–Kier alpha value is -1.56. The molecule has 0 saturated carbocycles. The van der Waals surface area contributed by atoms with E-state index in [0.29, 0.717) is 17.8 Å². The van der Waals surface area contributed by atoms with Crippen molar-refractivity contribution in [2.75, 3.05) is 24.5 Å². The van der Waals surface area contributed by atoms with Crippen LogP contribution in [0.3, 0.4) is 0 Å². The fraction of sp³-hybridized carbons (Fsp3) is 0.714. The third-order valence-corrected chi connectivity index (χ3v) is 3.40. The van der Waals surface area contributed by atoms with Gasteiger partial charge in [0.25, 0.3) is 5.91 Å². The molecule has 0 aliphatic heterocycles. The predicted octanol–water partition coefficient (Wildman–Crippen LogP) is 1.03. The summed E-state index contributed by atoms with van der Waals surface area (Å²) in [5.74, 6) is 0.357. The summed E-state index contributed by atoms with van der Waals surface area (Å²) in [6.07, 6.45) is 0.975. The van der Waals surface area contributed by atoms with Gasteiger partial charge in [0, 0.05) is 20.1 Å². The molecule has 0 atom stereocenters. The Morgan fingerprint density at radius 1 is 1.45 bits per heavy atom. The van der Waals surface area contributed by atoms with E-state index in [4.69, 9.17) is 11.5 Å². The van der Waals surface area contributed by atoms with Gasteiger partial charge in [-0.2, -0.15) is 5.10 Å². The molecule has 1 rings (SSSR count). The molecule has 1 aromatic rings. The van der Waals surface area contributed by atoms with Crippen LogP contribution in [0.2, 0.25) is 0 Å². The highest BCUT2D eigenvalue weighted by Crippen LogP contribution is 2.26. The summed E-state index contributed by atoms with van der Waals surface area (Å²) in [6, 6.07) is 0. The van der Waals surface area contributed by atoms with E-state index in [1.54, 1.807) is 4.68 Å². The normalized spacial score (nSPS) is 11.7. The summed E-state index contributed by atoms with van der Waals surface area (Å²) in [5, 5.41) is 4.33. The molecular formula is C14H27N5O. The van der Waals surface area contributed by atoms with Crippen LogP contribution in [0.5, 0.6) is 0 Å². The number of nitrogens with two attached hydrogens (primary N) is 2. The van der Waals surface area contributed by atoms with Crippen LogP contribution in [0, 0.1) is 12.3 Å². The van der Waals surface area contributed by atoms with Gasteiger partial charge in [0.2, 0.25) is 0 Å². The molecule has 1 heterocycles. The van der Waals surface area contributed by atoms with Gasteiger partial charge in [-0.3, -0.25) is 9.48 Å². The van der Waals surface area contributed by atoms with Crippen molar-refractivity contribution in [1.82, 2.24) is 9.78 Å². The number of rotatable bonds is 7. The second-order valence-corrected chi connectivity index (χ2v) is 6.06. The van der Waals surface area contributed by atoms with E-state index in [2.05, 4.69) is 30.8 Å². The Morgan fingerprint density at radius 3 is 2.50 bits per heavy atom. The van der Waals surface area contributed by atoms with Crippen molar-refractivity contribution in [2.24, 2.45) is 23.9 Å². The summed E-state index contributed by atoms with van der Waals surface area (Å²) in [5.41, 5.74) is 12.5. The molecule has 0 aliphatic carbocycles. The first-order valence-corrected chi connectivity index (χ1v) is 7.02. The zero-order valence-electron chi connectivity index (χ0n) is 13.2. The fourth-order valence-electron chi connectivity index (χ4n) is 2.41. The number of hydrogen-bond acceptors (Lipinski definition) is 4. The topological polar surface area (TPSA) is 90.2 Å². The molecule has 6 heteroatoms. The quantitative estimate of drug-likeness (QED) is 0.781. The predicted molar refractivity (Wildman–Crippen MR) is 81.8 cm³/mol. The van der Waals surface area contributed by atoms with Gasteiger partial charge in [0.05, 0.1) is 5.69 Å². The monoisotopic (exact) mass is 281 g/mol. The molecule has 0 fully saturated rings. The van der Waals surface area contributed by atoms with Crippen molar-refractivity contribution >= 4 is 11.7 Å². The number of nitrogens with zero attached hydrogens (tertiary/aromatic N) is 3. The molecule has 0 bridgehead atoms. The Morgan fingerprint density at radius 2 is 2.05 bits per heavy atom. The van der Waals surface area contributed by atoms with Gasteiger partial charge in [-0.15, -0.1) is 0 Å². The number of carbonyl (C=O) groups is 1. The molecule has 1 aromatic heterocycles. The molecule has 114 valence electrons. The highest BCUT2D eigenvalue weighted by atomic mass is 16.1. The lowest BCUT2D eigenvalue weighted by Gasteiger charge is -2.33. The van der Waals surface area contributed by atoms with Crippen molar-refractivity contribution in [3.05, 3.63) is 11.3 Å². The minimum atomic E-state index is -0.433. The molecule has 4 N–H and O–H groups in total. The van der Waals surface area contributed by atoms with Crippen LogP contribution >= 0.6 is 0 Å². The van der Waals surface area contributed by atoms with Gasteiger partial charge in [-0.1, -0.05) is 20.8 Å². The fourth-order valence-corrected chi connectivity index (χ4v) is 2.41. The molecule has 0 aliphatic rings. The standard InChI is InChI=1S/C14H27N5O/c1-6-7-19(9-14(3,4)8-15)13-11(12(16)20)10(2)17-18(13)5/h6-9,15H2,1-5H3,(H2,16,20). The molecule has 1 amide bonds. The maximum Gasteiger partial charge on any atom is 0.254 e. The zero-order chi connectivity index (χ0) is 15.5. The van der Waals surface area contributed by atoms with Crippen LogP contribution < -0.4 is 16.4 Å². The van der Waals surface area contributed by atoms with Crippen LogP contribution in [0.1, 0.15) is 43.2 Å². The second kappa shape index (κ2) is 6.26. The van der Waals surface area contributed by atoms with E-state index in [1.165, 1.54) is 0 Å². The maximum absolute atomic E-state index is 11.7. The number of aryl methyl sites for hydroxylation is 2. The third kappa shape index (κ3) is 3.50. The number of hydrogen-bond donors (Lipinski definition) is 2. The van der Waals surface area contributed by atoms with E-state index in [0.717, 1.165) is 25.3 Å². The van der Waals surface area contributed by atoms with E-state index in [1.807, 2.05) is 14.0 Å². The number of amides is 1. The van der Waals surface area contributed by atoms with E-state index < -0.39 is 5.91 Å². The first-order chi connectivity index (χ1) is 9.23. The van der Waals surface area contributed by atoms with Crippen molar-refractivity contribution < 1.29 is 4.79 Å². The Bertz CT molecular complexity index is 478.